The molecule has 6 atom stereocenters. The summed E-state index contributed by atoms with van der Waals surface area (Å²) in [6, 6.07) is 10.6. The third kappa shape index (κ3) is 1.31. The molecule has 1 aromatic rings. The summed E-state index contributed by atoms with van der Waals surface area (Å²) in [5, 5.41) is 0. The van der Waals surface area contributed by atoms with Gasteiger partial charge in [-0.05, 0) is 30.7 Å². The molecule has 20 heavy (non-hydrogen) atoms. The smallest absolute Gasteiger partial charge is 0.179 e. The molecule has 1 aliphatic carbocycles. The van der Waals surface area contributed by atoms with Crippen molar-refractivity contribution in [1.82, 2.24) is 0 Å². The van der Waals surface area contributed by atoms with Gasteiger partial charge in [0.15, 0.2) is 11.6 Å². The van der Waals surface area contributed by atoms with Crippen molar-refractivity contribution < 1.29 is 14.2 Å². The van der Waals surface area contributed by atoms with Crippen LogP contribution in [0.2, 0.25) is 0 Å². The monoisotopic (exact) mass is 272 g/mol. The average Bonchev–Trinajstić information content (AvgIpc) is 3.10. The molecule has 3 nitrogen and oxygen atoms in total. The average molecular weight is 272 g/mol. The van der Waals surface area contributed by atoms with Gasteiger partial charge in [0.2, 0.25) is 0 Å². The summed E-state index contributed by atoms with van der Waals surface area (Å²) >= 11 is 0. The van der Waals surface area contributed by atoms with Gasteiger partial charge in [-0.25, -0.2) is 0 Å². The second-order valence-corrected chi connectivity index (χ2v) is 7.02. The Morgan fingerprint density at radius 1 is 1.05 bits per heavy atom. The van der Waals surface area contributed by atoms with Crippen molar-refractivity contribution in [3.63, 3.8) is 0 Å². The van der Waals surface area contributed by atoms with Crippen molar-refractivity contribution in [3.05, 3.63) is 35.9 Å². The number of rotatable bonds is 2. The molecule has 1 aromatic carbocycles. The second kappa shape index (κ2) is 3.65. The summed E-state index contributed by atoms with van der Waals surface area (Å²) in [6.07, 6.45) is 2.10. The van der Waals surface area contributed by atoms with Crippen molar-refractivity contribution in [3.8, 4) is 0 Å². The van der Waals surface area contributed by atoms with E-state index in [1.807, 2.05) is 0 Å². The van der Waals surface area contributed by atoms with Crippen molar-refractivity contribution >= 4 is 0 Å². The Labute approximate surface area is 119 Å². The summed E-state index contributed by atoms with van der Waals surface area (Å²) in [6.45, 7) is 3.85. The Morgan fingerprint density at radius 3 is 2.65 bits per heavy atom. The quantitative estimate of drug-likeness (QED) is 0.828. The standard InChI is InChI=1S/C17H20O3/c1-16-14-12(9-18-16)7-13-10-19-17(20-16,15(13)14)8-11-5-3-2-4-6-11/h2-6,12-15H,7-10H2,1H3. The molecule has 3 aliphatic heterocycles. The first-order chi connectivity index (χ1) is 9.70. The van der Waals surface area contributed by atoms with Gasteiger partial charge in [-0.1, -0.05) is 30.3 Å². The third-order valence-corrected chi connectivity index (χ3v) is 5.92. The molecular weight excluding hydrogens is 252 g/mol. The Morgan fingerprint density at radius 2 is 1.80 bits per heavy atom. The lowest BCUT2D eigenvalue weighted by atomic mass is 9.81. The number of ether oxygens (including phenoxy) is 3. The zero-order valence-corrected chi connectivity index (χ0v) is 11.7. The summed E-state index contributed by atoms with van der Waals surface area (Å²) in [5.41, 5.74) is 1.29. The van der Waals surface area contributed by atoms with Crippen LogP contribution in [0.4, 0.5) is 0 Å². The summed E-state index contributed by atoms with van der Waals surface area (Å²) < 4.78 is 18.7. The van der Waals surface area contributed by atoms with Crippen LogP contribution < -0.4 is 0 Å². The Hall–Kier alpha value is -0.900. The van der Waals surface area contributed by atoms with E-state index in [1.54, 1.807) is 0 Å². The van der Waals surface area contributed by atoms with Crippen LogP contribution in [0.15, 0.2) is 30.3 Å². The number of hydrogen-bond acceptors (Lipinski definition) is 3. The highest BCUT2D eigenvalue weighted by Gasteiger charge is 2.74. The van der Waals surface area contributed by atoms with Gasteiger partial charge in [0, 0.05) is 18.3 Å². The predicted molar refractivity (Wildman–Crippen MR) is 72.8 cm³/mol. The van der Waals surface area contributed by atoms with Crippen LogP contribution >= 0.6 is 0 Å². The zero-order valence-electron chi connectivity index (χ0n) is 11.7. The van der Waals surface area contributed by atoms with E-state index in [0.717, 1.165) is 19.6 Å². The van der Waals surface area contributed by atoms with E-state index in [0.29, 0.717) is 23.7 Å². The molecule has 5 rings (SSSR count). The molecule has 3 saturated heterocycles. The van der Waals surface area contributed by atoms with Crippen molar-refractivity contribution in [2.75, 3.05) is 13.2 Å². The summed E-state index contributed by atoms with van der Waals surface area (Å²) in [7, 11) is 0. The maximum absolute atomic E-state index is 6.44. The molecule has 0 spiro atoms. The minimum absolute atomic E-state index is 0.417. The number of benzene rings is 1. The minimum Gasteiger partial charge on any atom is -0.349 e. The highest BCUT2D eigenvalue weighted by Crippen LogP contribution is 2.66. The van der Waals surface area contributed by atoms with E-state index in [4.69, 9.17) is 14.2 Å². The minimum atomic E-state index is -0.444. The molecule has 4 fully saturated rings. The SMILES string of the molecule is CC12OCC3CC4COC(Cc5ccccc5)(O1)C4C32. The van der Waals surface area contributed by atoms with Gasteiger partial charge < -0.3 is 14.2 Å². The third-order valence-electron chi connectivity index (χ3n) is 5.92. The van der Waals surface area contributed by atoms with Crippen LogP contribution in [0.5, 0.6) is 0 Å². The van der Waals surface area contributed by atoms with Gasteiger partial charge in [0.1, 0.15) is 0 Å². The molecular formula is C17H20O3. The zero-order chi connectivity index (χ0) is 13.4. The lowest BCUT2D eigenvalue weighted by Gasteiger charge is -2.31. The van der Waals surface area contributed by atoms with Crippen LogP contribution in [-0.4, -0.2) is 24.8 Å². The molecule has 3 heterocycles. The van der Waals surface area contributed by atoms with Crippen molar-refractivity contribution in [1.29, 1.82) is 0 Å². The second-order valence-electron chi connectivity index (χ2n) is 7.02. The molecule has 3 heteroatoms. The van der Waals surface area contributed by atoms with E-state index in [-0.39, 0.29) is 0 Å². The molecule has 0 N–H and O–H groups in total. The first kappa shape index (κ1) is 11.7. The molecule has 106 valence electrons. The summed E-state index contributed by atoms with van der Waals surface area (Å²) in [4.78, 5) is 0. The van der Waals surface area contributed by atoms with Crippen molar-refractivity contribution in [2.24, 2.45) is 23.7 Å². The van der Waals surface area contributed by atoms with Crippen LogP contribution in [-0.2, 0) is 20.6 Å². The largest absolute Gasteiger partial charge is 0.349 e. The first-order valence-electron chi connectivity index (χ1n) is 7.72. The van der Waals surface area contributed by atoms with Gasteiger partial charge >= 0.3 is 0 Å². The fraction of sp³-hybridized carbons (Fsp3) is 0.647. The highest BCUT2D eigenvalue weighted by molar-refractivity contribution is 5.21. The van der Waals surface area contributed by atoms with Crippen LogP contribution in [0, 0.1) is 23.7 Å². The lowest BCUT2D eigenvalue weighted by molar-refractivity contribution is -0.301. The van der Waals surface area contributed by atoms with Gasteiger partial charge in [0.25, 0.3) is 0 Å². The van der Waals surface area contributed by atoms with Crippen molar-refractivity contribution in [2.45, 2.75) is 31.3 Å². The first-order valence-corrected chi connectivity index (χ1v) is 7.72. The molecule has 0 amide bonds. The van der Waals surface area contributed by atoms with Crippen LogP contribution in [0.3, 0.4) is 0 Å². The van der Waals surface area contributed by atoms with E-state index in [9.17, 15) is 0 Å². The molecule has 4 aliphatic rings. The fourth-order valence-corrected chi connectivity index (χ4v) is 5.34. The highest BCUT2D eigenvalue weighted by atomic mass is 16.8. The fourth-order valence-electron chi connectivity index (χ4n) is 5.34. The Kier molecular flexibility index (Phi) is 2.14. The van der Waals surface area contributed by atoms with Gasteiger partial charge in [-0.2, -0.15) is 0 Å². The normalized spacial score (nSPS) is 51.6. The summed E-state index contributed by atoms with van der Waals surface area (Å²) in [5.74, 6) is 1.52. The maximum atomic E-state index is 6.44. The van der Waals surface area contributed by atoms with Gasteiger partial charge in [-0.15, -0.1) is 0 Å². The lowest BCUT2D eigenvalue weighted by Crippen LogP contribution is -2.39. The molecule has 0 bridgehead atoms. The topological polar surface area (TPSA) is 27.7 Å². The molecule has 0 aromatic heterocycles. The van der Waals surface area contributed by atoms with E-state index in [2.05, 4.69) is 37.3 Å². The molecule has 1 saturated carbocycles. The molecule has 6 unspecified atom stereocenters. The van der Waals surface area contributed by atoms with Crippen LogP contribution in [0.25, 0.3) is 0 Å². The van der Waals surface area contributed by atoms with Crippen LogP contribution in [0.1, 0.15) is 18.9 Å². The Balaban J connectivity index is 1.55. The van der Waals surface area contributed by atoms with E-state index < -0.39 is 11.6 Å². The van der Waals surface area contributed by atoms with E-state index in [1.165, 1.54) is 12.0 Å². The molecule has 0 radical (unpaired) electrons. The van der Waals surface area contributed by atoms with Gasteiger partial charge in [-0.3, -0.25) is 0 Å². The Bertz CT molecular complexity index is 544. The predicted octanol–water partition coefficient (Wildman–Crippen LogP) is 2.60. The van der Waals surface area contributed by atoms with Gasteiger partial charge in [0.05, 0.1) is 13.2 Å². The maximum Gasteiger partial charge on any atom is 0.179 e. The van der Waals surface area contributed by atoms with E-state index >= 15 is 0 Å². The number of hydrogen-bond donors (Lipinski definition) is 0.